The number of hydrogen-bond donors (Lipinski definition) is 1. The highest BCUT2D eigenvalue weighted by molar-refractivity contribution is 9.10. The Kier molecular flexibility index (Phi) is 2.62. The van der Waals surface area contributed by atoms with E-state index in [4.69, 9.17) is 4.55 Å². The first-order valence-electron chi connectivity index (χ1n) is 3.83. The monoisotopic (exact) mass is 271 g/mol. The second-order valence-electron chi connectivity index (χ2n) is 2.72. The van der Waals surface area contributed by atoms with Crippen LogP contribution in [0.2, 0.25) is 0 Å². The van der Waals surface area contributed by atoms with Gasteiger partial charge in [-0.25, -0.2) is 4.21 Å². The van der Waals surface area contributed by atoms with E-state index in [9.17, 15) is 4.21 Å². The van der Waals surface area contributed by atoms with Gasteiger partial charge in [-0.1, -0.05) is 15.9 Å². The van der Waals surface area contributed by atoms with E-state index in [1.807, 2.05) is 0 Å². The number of hydrogen-bond acceptors (Lipinski definition) is 2. The van der Waals surface area contributed by atoms with Crippen molar-refractivity contribution in [1.82, 2.24) is 4.98 Å². The third-order valence-electron chi connectivity index (χ3n) is 1.91. The van der Waals surface area contributed by atoms with Gasteiger partial charge in [0.15, 0.2) is 11.1 Å². The molecule has 2 rings (SSSR count). The maximum atomic E-state index is 11.0. The molecule has 2 aromatic rings. The lowest BCUT2D eigenvalue weighted by atomic mass is 10.2. The van der Waals surface area contributed by atoms with Crippen molar-refractivity contribution in [3.63, 3.8) is 0 Å². The average molecular weight is 272 g/mol. The molecule has 72 valence electrons. The minimum atomic E-state index is -1.97. The fraction of sp³-hybridized carbons (Fsp3) is 0. The lowest BCUT2D eigenvalue weighted by Gasteiger charge is -2.03. The first kappa shape index (κ1) is 9.76. The topological polar surface area (TPSA) is 50.2 Å². The normalized spacial score (nSPS) is 13.0. The molecule has 3 nitrogen and oxygen atoms in total. The molecule has 0 spiro atoms. The Bertz CT molecular complexity index is 515. The van der Waals surface area contributed by atoms with Gasteiger partial charge in [0.1, 0.15) is 0 Å². The van der Waals surface area contributed by atoms with Crippen LogP contribution in [0.5, 0.6) is 0 Å². The van der Waals surface area contributed by atoms with Gasteiger partial charge >= 0.3 is 0 Å². The van der Waals surface area contributed by atoms with Crippen molar-refractivity contribution in [3.8, 4) is 0 Å². The minimum Gasteiger partial charge on any atom is -0.302 e. The lowest BCUT2D eigenvalue weighted by molar-refractivity contribution is 0.565. The fourth-order valence-corrected chi connectivity index (χ4v) is 2.29. The van der Waals surface area contributed by atoms with Crippen LogP contribution in [0.1, 0.15) is 0 Å². The molecule has 1 atom stereocenters. The number of halogens is 1. The lowest BCUT2D eigenvalue weighted by Crippen LogP contribution is -1.90. The van der Waals surface area contributed by atoms with E-state index in [2.05, 4.69) is 20.9 Å². The van der Waals surface area contributed by atoms with Crippen molar-refractivity contribution in [2.75, 3.05) is 0 Å². The molecule has 0 saturated heterocycles. The molecule has 0 bridgehead atoms. The van der Waals surface area contributed by atoms with Gasteiger partial charge in [0.25, 0.3) is 0 Å². The van der Waals surface area contributed by atoms with Crippen molar-refractivity contribution in [2.24, 2.45) is 0 Å². The molecule has 1 unspecified atom stereocenters. The van der Waals surface area contributed by atoms with Crippen LogP contribution in [0, 0.1) is 0 Å². The molecule has 1 aromatic heterocycles. The highest BCUT2D eigenvalue weighted by Crippen LogP contribution is 2.27. The molecule has 0 aliphatic rings. The molecular formula is C9H6BrNO2S. The maximum Gasteiger partial charge on any atom is 0.187 e. The van der Waals surface area contributed by atoms with Gasteiger partial charge in [0, 0.05) is 27.6 Å². The molecule has 1 aromatic carbocycles. The summed E-state index contributed by atoms with van der Waals surface area (Å²) >= 11 is 1.40. The summed E-state index contributed by atoms with van der Waals surface area (Å²) in [5.74, 6) is 0. The summed E-state index contributed by atoms with van der Waals surface area (Å²) in [6.45, 7) is 0. The predicted octanol–water partition coefficient (Wildman–Crippen LogP) is 2.58. The van der Waals surface area contributed by atoms with E-state index in [1.54, 1.807) is 30.6 Å². The maximum absolute atomic E-state index is 11.0. The summed E-state index contributed by atoms with van der Waals surface area (Å²) in [6.07, 6.45) is 3.24. The van der Waals surface area contributed by atoms with Crippen LogP contribution >= 0.6 is 15.9 Å². The Morgan fingerprint density at radius 3 is 2.79 bits per heavy atom. The Balaban J connectivity index is 2.88. The summed E-state index contributed by atoms with van der Waals surface area (Å²) in [7, 11) is 0. The smallest absolute Gasteiger partial charge is 0.187 e. The van der Waals surface area contributed by atoms with E-state index in [0.717, 1.165) is 9.86 Å². The molecule has 0 aliphatic carbocycles. The van der Waals surface area contributed by atoms with Gasteiger partial charge < -0.3 is 4.55 Å². The minimum absolute atomic E-state index is 0.385. The summed E-state index contributed by atoms with van der Waals surface area (Å²) < 4.78 is 20.9. The van der Waals surface area contributed by atoms with Crippen LogP contribution < -0.4 is 0 Å². The zero-order valence-corrected chi connectivity index (χ0v) is 9.38. The summed E-state index contributed by atoms with van der Waals surface area (Å²) in [4.78, 5) is 4.32. The van der Waals surface area contributed by atoms with Crippen LogP contribution in [0.4, 0.5) is 0 Å². The predicted molar refractivity (Wildman–Crippen MR) is 58.5 cm³/mol. The number of rotatable bonds is 1. The van der Waals surface area contributed by atoms with E-state index in [0.29, 0.717) is 10.3 Å². The fourth-order valence-electron chi connectivity index (χ4n) is 1.28. The summed E-state index contributed by atoms with van der Waals surface area (Å²) in [5.41, 5.74) is 0. The van der Waals surface area contributed by atoms with Crippen LogP contribution in [0.3, 0.4) is 0 Å². The molecule has 1 N–H and O–H groups in total. The first-order chi connectivity index (χ1) is 6.70. The quantitative estimate of drug-likeness (QED) is 0.812. The van der Waals surface area contributed by atoms with Gasteiger partial charge in [0.2, 0.25) is 0 Å². The summed E-state index contributed by atoms with van der Waals surface area (Å²) in [5, 5.41) is 1.59. The molecule has 0 fully saturated rings. The largest absolute Gasteiger partial charge is 0.302 e. The van der Waals surface area contributed by atoms with Crippen molar-refractivity contribution in [2.45, 2.75) is 4.90 Å². The number of benzene rings is 1. The van der Waals surface area contributed by atoms with Crippen molar-refractivity contribution in [3.05, 3.63) is 35.1 Å². The van der Waals surface area contributed by atoms with Crippen molar-refractivity contribution < 1.29 is 8.76 Å². The van der Waals surface area contributed by atoms with E-state index in [1.165, 1.54) is 0 Å². The Morgan fingerprint density at radius 2 is 2.07 bits per heavy atom. The SMILES string of the molecule is O=S(O)c1ccc(Br)c2ccncc12. The van der Waals surface area contributed by atoms with Gasteiger partial charge in [-0.3, -0.25) is 4.98 Å². The zero-order chi connectivity index (χ0) is 10.1. The third kappa shape index (κ3) is 1.58. The molecule has 0 radical (unpaired) electrons. The van der Waals surface area contributed by atoms with Crippen LogP contribution in [0.25, 0.3) is 10.8 Å². The molecule has 5 heteroatoms. The third-order valence-corrected chi connectivity index (χ3v) is 3.34. The van der Waals surface area contributed by atoms with E-state index in [-0.39, 0.29) is 0 Å². The molecular weight excluding hydrogens is 266 g/mol. The number of fused-ring (bicyclic) bond motifs is 1. The van der Waals surface area contributed by atoms with Crippen LogP contribution in [0.15, 0.2) is 40.0 Å². The molecule has 14 heavy (non-hydrogen) atoms. The number of pyridine rings is 1. The summed E-state index contributed by atoms with van der Waals surface area (Å²) in [6, 6.07) is 5.17. The van der Waals surface area contributed by atoms with Gasteiger partial charge in [-0.2, -0.15) is 0 Å². The highest BCUT2D eigenvalue weighted by Gasteiger charge is 2.07. The molecule has 0 saturated carbocycles. The van der Waals surface area contributed by atoms with Gasteiger partial charge in [-0.05, 0) is 18.2 Å². The van der Waals surface area contributed by atoms with Gasteiger partial charge in [-0.15, -0.1) is 0 Å². The van der Waals surface area contributed by atoms with Crippen LogP contribution in [-0.2, 0) is 11.1 Å². The molecule has 0 aliphatic heterocycles. The molecule has 0 amide bonds. The zero-order valence-electron chi connectivity index (χ0n) is 6.98. The van der Waals surface area contributed by atoms with Gasteiger partial charge in [0.05, 0.1) is 4.90 Å². The first-order valence-corrected chi connectivity index (χ1v) is 5.73. The molecule has 1 heterocycles. The number of aromatic nitrogens is 1. The van der Waals surface area contributed by atoms with Crippen LogP contribution in [-0.4, -0.2) is 13.7 Å². The Labute approximate surface area is 91.6 Å². The average Bonchev–Trinajstić information content (AvgIpc) is 2.18. The second kappa shape index (κ2) is 3.76. The second-order valence-corrected chi connectivity index (χ2v) is 4.51. The Hall–Kier alpha value is -0.780. The van der Waals surface area contributed by atoms with E-state index >= 15 is 0 Å². The Morgan fingerprint density at radius 1 is 1.29 bits per heavy atom. The van der Waals surface area contributed by atoms with Crippen molar-refractivity contribution in [1.29, 1.82) is 0 Å². The van der Waals surface area contributed by atoms with E-state index < -0.39 is 11.1 Å². The highest BCUT2D eigenvalue weighted by atomic mass is 79.9. The number of nitrogens with zero attached hydrogens (tertiary/aromatic N) is 1. The van der Waals surface area contributed by atoms with Crippen molar-refractivity contribution >= 4 is 37.8 Å². The standard InChI is InChI=1S/C9H6BrNO2S/c10-8-1-2-9(14(12)13)7-5-11-4-3-6(7)8/h1-5H,(H,12,13).